The van der Waals surface area contributed by atoms with Crippen LogP contribution in [0.5, 0.6) is 0 Å². The van der Waals surface area contributed by atoms with Crippen LogP contribution in [0.1, 0.15) is 40.0 Å². The molecular formula is C21H36N2O5. The second kappa shape index (κ2) is 8.30. The molecule has 2 saturated heterocycles. The topological polar surface area (TPSA) is 75.9 Å². The Morgan fingerprint density at radius 2 is 2.11 bits per heavy atom. The molecule has 7 nitrogen and oxygen atoms in total. The van der Waals surface area contributed by atoms with Gasteiger partial charge in [0.25, 0.3) is 0 Å². The number of carbonyl (C=O) groups is 1. The summed E-state index contributed by atoms with van der Waals surface area (Å²) in [5.74, 6) is 0.0507. The van der Waals surface area contributed by atoms with Crippen molar-refractivity contribution < 1.29 is 23.7 Å². The second-order valence-electron chi connectivity index (χ2n) is 8.82. The fourth-order valence-electron chi connectivity index (χ4n) is 4.66. The number of methoxy groups -OCH3 is 1. The van der Waals surface area contributed by atoms with Gasteiger partial charge in [-0.25, -0.2) is 4.79 Å². The molecule has 6 atom stereocenters. The second-order valence-corrected chi connectivity index (χ2v) is 8.82. The monoisotopic (exact) mass is 396 g/mol. The Labute approximate surface area is 168 Å². The number of hydrogen-bond donors (Lipinski definition) is 1. The van der Waals surface area contributed by atoms with E-state index in [2.05, 4.69) is 32.2 Å². The standard InChI is InChI=1S/C21H36N2O5/c1-14(2)7-8-16-20(3,28-16)18-17(25-6)15(9-10-21(18)13-26-21)27-19(24)23(5)12-11-22-4/h7,15-18,22H,8-13H2,1-6H3/t15?,16-,17?,18?,20+,21+/m1/s1. The van der Waals surface area contributed by atoms with E-state index in [-0.39, 0.29) is 41.5 Å². The minimum absolute atomic E-state index is 0.0507. The van der Waals surface area contributed by atoms with Gasteiger partial charge in [0.2, 0.25) is 0 Å². The Balaban J connectivity index is 1.70. The molecule has 0 aromatic carbocycles. The molecule has 2 aliphatic heterocycles. The summed E-state index contributed by atoms with van der Waals surface area (Å²) in [5.41, 5.74) is 0.779. The van der Waals surface area contributed by atoms with Crippen molar-refractivity contribution in [3.05, 3.63) is 11.6 Å². The Bertz CT molecular complexity index is 602. The number of epoxide rings is 2. The Morgan fingerprint density at radius 1 is 1.39 bits per heavy atom. The maximum atomic E-state index is 12.5. The molecule has 3 unspecified atom stereocenters. The number of nitrogens with zero attached hydrogens (tertiary/aromatic N) is 1. The lowest BCUT2D eigenvalue weighted by Crippen LogP contribution is -2.56. The van der Waals surface area contributed by atoms with E-state index >= 15 is 0 Å². The van der Waals surface area contributed by atoms with Crippen LogP contribution in [0.3, 0.4) is 0 Å². The highest BCUT2D eigenvalue weighted by Crippen LogP contribution is 2.59. The minimum Gasteiger partial charge on any atom is -0.443 e. The fourth-order valence-corrected chi connectivity index (χ4v) is 4.66. The molecule has 28 heavy (non-hydrogen) atoms. The van der Waals surface area contributed by atoms with E-state index in [0.29, 0.717) is 6.54 Å². The van der Waals surface area contributed by atoms with Gasteiger partial charge in [-0.1, -0.05) is 11.6 Å². The highest BCUT2D eigenvalue weighted by atomic mass is 16.6. The summed E-state index contributed by atoms with van der Waals surface area (Å²) in [4.78, 5) is 14.1. The third-order valence-electron chi connectivity index (χ3n) is 6.50. The van der Waals surface area contributed by atoms with Crippen LogP contribution in [-0.4, -0.2) is 81.4 Å². The summed E-state index contributed by atoms with van der Waals surface area (Å²) in [6.07, 6.45) is 4.03. The fraction of sp³-hybridized carbons (Fsp3) is 0.857. The van der Waals surface area contributed by atoms with Crippen LogP contribution in [0.2, 0.25) is 0 Å². The predicted octanol–water partition coefficient (Wildman–Crippen LogP) is 2.35. The molecule has 1 spiro atoms. The molecule has 7 heteroatoms. The van der Waals surface area contributed by atoms with Gasteiger partial charge in [-0.15, -0.1) is 0 Å². The van der Waals surface area contributed by atoms with E-state index < -0.39 is 0 Å². The number of rotatable bonds is 8. The van der Waals surface area contributed by atoms with Crippen molar-refractivity contribution >= 4 is 6.09 Å². The molecule has 0 bridgehead atoms. The average molecular weight is 397 g/mol. The largest absolute Gasteiger partial charge is 0.443 e. The summed E-state index contributed by atoms with van der Waals surface area (Å²) >= 11 is 0. The number of carbonyl (C=O) groups excluding carboxylic acids is 1. The van der Waals surface area contributed by atoms with Gasteiger partial charge in [0.1, 0.15) is 23.4 Å². The first-order valence-electron chi connectivity index (χ1n) is 10.3. The van der Waals surface area contributed by atoms with E-state index in [1.165, 1.54) is 5.57 Å². The van der Waals surface area contributed by atoms with Crippen molar-refractivity contribution in [2.24, 2.45) is 5.92 Å². The van der Waals surface area contributed by atoms with Gasteiger partial charge in [0.15, 0.2) is 0 Å². The van der Waals surface area contributed by atoms with Crippen molar-refractivity contribution in [1.29, 1.82) is 0 Å². The van der Waals surface area contributed by atoms with Crippen LogP contribution in [0.4, 0.5) is 4.79 Å². The van der Waals surface area contributed by atoms with E-state index in [1.807, 2.05) is 7.05 Å². The molecule has 160 valence electrons. The van der Waals surface area contributed by atoms with E-state index in [0.717, 1.165) is 32.4 Å². The number of amides is 1. The highest BCUT2D eigenvalue weighted by molar-refractivity contribution is 5.67. The van der Waals surface area contributed by atoms with E-state index in [4.69, 9.17) is 18.9 Å². The van der Waals surface area contributed by atoms with Crippen LogP contribution in [0.25, 0.3) is 0 Å². The lowest BCUT2D eigenvalue weighted by atomic mass is 9.68. The third-order valence-corrected chi connectivity index (χ3v) is 6.50. The lowest BCUT2D eigenvalue weighted by Gasteiger charge is -2.43. The summed E-state index contributed by atoms with van der Waals surface area (Å²) in [6.45, 7) is 8.41. The molecule has 0 aromatic heterocycles. The average Bonchev–Trinajstić information content (AvgIpc) is 3.57. The van der Waals surface area contributed by atoms with Crippen LogP contribution in [-0.2, 0) is 18.9 Å². The van der Waals surface area contributed by atoms with Gasteiger partial charge >= 0.3 is 6.09 Å². The van der Waals surface area contributed by atoms with Crippen molar-refractivity contribution in [2.45, 2.75) is 69.5 Å². The van der Waals surface area contributed by atoms with Crippen LogP contribution >= 0.6 is 0 Å². The number of allylic oxidation sites excluding steroid dienone is 1. The van der Waals surface area contributed by atoms with Gasteiger partial charge in [-0.3, -0.25) is 0 Å². The van der Waals surface area contributed by atoms with Gasteiger partial charge in [-0.05, 0) is 47.1 Å². The third kappa shape index (κ3) is 4.22. The predicted molar refractivity (Wildman–Crippen MR) is 106 cm³/mol. The van der Waals surface area contributed by atoms with E-state index in [9.17, 15) is 4.79 Å². The van der Waals surface area contributed by atoms with Gasteiger partial charge < -0.3 is 29.2 Å². The first kappa shape index (κ1) is 21.6. The zero-order valence-electron chi connectivity index (χ0n) is 18.1. The smallest absolute Gasteiger partial charge is 0.409 e. The quantitative estimate of drug-likeness (QED) is 0.501. The SMILES string of the molecule is CNCCN(C)C(=O)OC1CC[C@]2(CO2)C([C@@]2(C)O[C@@H]2CC=C(C)C)C1OC. The number of ether oxygens (including phenoxy) is 4. The van der Waals surface area contributed by atoms with Crippen LogP contribution < -0.4 is 5.32 Å². The normalized spacial score (nSPS) is 38.8. The summed E-state index contributed by atoms with van der Waals surface area (Å²) in [7, 11) is 5.32. The van der Waals surface area contributed by atoms with Crippen LogP contribution in [0.15, 0.2) is 11.6 Å². The Hall–Kier alpha value is -1.15. The molecule has 1 amide bonds. The zero-order valence-corrected chi connectivity index (χ0v) is 18.1. The van der Waals surface area contributed by atoms with Crippen molar-refractivity contribution in [3.8, 4) is 0 Å². The number of nitrogens with one attached hydrogen (secondary N) is 1. The lowest BCUT2D eigenvalue weighted by molar-refractivity contribution is -0.121. The molecule has 3 aliphatic rings. The molecule has 1 N–H and O–H groups in total. The Kier molecular flexibility index (Phi) is 6.39. The molecule has 3 rings (SSSR count). The first-order valence-corrected chi connectivity index (χ1v) is 10.3. The van der Waals surface area contributed by atoms with Gasteiger partial charge in [0, 0.05) is 27.2 Å². The maximum Gasteiger partial charge on any atom is 0.409 e. The van der Waals surface area contributed by atoms with E-state index in [1.54, 1.807) is 19.1 Å². The number of likely N-dealkylation sites (N-methyl/N-ethyl adjacent to an activating group) is 2. The molecule has 1 aliphatic carbocycles. The van der Waals surface area contributed by atoms with Crippen molar-refractivity contribution in [2.75, 3.05) is 40.9 Å². The highest BCUT2D eigenvalue weighted by Gasteiger charge is 2.72. The molecule has 3 fully saturated rings. The van der Waals surface area contributed by atoms with Gasteiger partial charge in [-0.2, -0.15) is 0 Å². The van der Waals surface area contributed by atoms with Crippen molar-refractivity contribution in [3.63, 3.8) is 0 Å². The van der Waals surface area contributed by atoms with Crippen molar-refractivity contribution in [1.82, 2.24) is 10.2 Å². The first-order chi connectivity index (χ1) is 13.3. The molecular weight excluding hydrogens is 360 g/mol. The summed E-state index contributed by atoms with van der Waals surface area (Å²) < 4.78 is 23.9. The Morgan fingerprint density at radius 3 is 2.68 bits per heavy atom. The number of hydrogen-bond acceptors (Lipinski definition) is 6. The molecule has 2 heterocycles. The molecule has 0 aromatic rings. The summed E-state index contributed by atoms with van der Waals surface area (Å²) in [6, 6.07) is 0. The maximum absolute atomic E-state index is 12.5. The molecule has 0 radical (unpaired) electrons. The zero-order chi connectivity index (χ0) is 20.5. The van der Waals surface area contributed by atoms with Crippen LogP contribution in [0, 0.1) is 5.92 Å². The summed E-state index contributed by atoms with van der Waals surface area (Å²) in [5, 5.41) is 3.04. The molecule has 1 saturated carbocycles. The minimum atomic E-state index is -0.313. The van der Waals surface area contributed by atoms with Gasteiger partial charge in [0.05, 0.1) is 18.6 Å².